The Morgan fingerprint density at radius 3 is 3.04 bits per heavy atom. The Balaban J connectivity index is 1.66. The van der Waals surface area contributed by atoms with E-state index in [0.29, 0.717) is 11.5 Å². The molecule has 4 nitrogen and oxygen atoms in total. The van der Waals surface area contributed by atoms with E-state index in [0.717, 1.165) is 30.0 Å². The minimum Gasteiger partial charge on any atom is -0.355 e. The van der Waals surface area contributed by atoms with Crippen LogP contribution in [-0.2, 0) is 6.42 Å². The number of aromatic nitrogens is 1. The van der Waals surface area contributed by atoms with E-state index in [2.05, 4.69) is 18.1 Å². The topological polar surface area (TPSA) is 46.3 Å². The molecular formula is C18H16N2O2S. The van der Waals surface area contributed by atoms with Gasteiger partial charge in [-0.1, -0.05) is 28.9 Å². The van der Waals surface area contributed by atoms with Crippen LogP contribution < -0.4 is 4.90 Å². The van der Waals surface area contributed by atoms with Gasteiger partial charge in [-0.2, -0.15) is 0 Å². The van der Waals surface area contributed by atoms with Gasteiger partial charge in [-0.15, -0.1) is 11.3 Å². The predicted molar refractivity (Wildman–Crippen MR) is 91.0 cm³/mol. The highest BCUT2D eigenvalue weighted by molar-refractivity contribution is 7.13. The zero-order valence-corrected chi connectivity index (χ0v) is 13.6. The molecule has 3 aromatic rings. The molecular weight excluding hydrogens is 308 g/mol. The van der Waals surface area contributed by atoms with Crippen LogP contribution >= 0.6 is 11.3 Å². The number of anilines is 1. The van der Waals surface area contributed by atoms with Gasteiger partial charge in [0, 0.05) is 18.3 Å². The van der Waals surface area contributed by atoms with Crippen molar-refractivity contribution in [3.05, 3.63) is 58.6 Å². The number of amides is 1. The van der Waals surface area contributed by atoms with E-state index in [-0.39, 0.29) is 5.91 Å². The number of carbonyl (C=O) groups is 1. The lowest BCUT2D eigenvalue weighted by atomic mass is 9.99. The first kappa shape index (κ1) is 14.2. The van der Waals surface area contributed by atoms with Gasteiger partial charge in [-0.3, -0.25) is 4.79 Å². The van der Waals surface area contributed by atoms with Crippen molar-refractivity contribution in [2.24, 2.45) is 0 Å². The van der Waals surface area contributed by atoms with E-state index in [4.69, 9.17) is 4.52 Å². The molecule has 1 aromatic carbocycles. The Bertz CT molecular complexity index is 852. The summed E-state index contributed by atoms with van der Waals surface area (Å²) in [6.45, 7) is 2.79. The van der Waals surface area contributed by atoms with E-state index in [1.54, 1.807) is 17.4 Å². The molecule has 1 amide bonds. The second kappa shape index (κ2) is 5.66. The minimum atomic E-state index is -0.0960. The summed E-state index contributed by atoms with van der Waals surface area (Å²) in [6, 6.07) is 11.9. The fourth-order valence-corrected chi connectivity index (χ4v) is 3.66. The highest BCUT2D eigenvalue weighted by atomic mass is 32.1. The lowest BCUT2D eigenvalue weighted by Gasteiger charge is -2.29. The summed E-state index contributed by atoms with van der Waals surface area (Å²) in [7, 11) is 0. The number of aryl methyl sites for hydroxylation is 2. The maximum absolute atomic E-state index is 12.8. The third kappa shape index (κ3) is 2.57. The lowest BCUT2D eigenvalue weighted by molar-refractivity contribution is 0.0976. The smallest absolute Gasteiger partial charge is 0.280 e. The number of nitrogens with zero attached hydrogens (tertiary/aromatic N) is 2. The maximum atomic E-state index is 12.8. The summed E-state index contributed by atoms with van der Waals surface area (Å²) in [4.78, 5) is 15.6. The van der Waals surface area contributed by atoms with Crippen molar-refractivity contribution in [2.45, 2.75) is 19.8 Å². The molecule has 0 saturated carbocycles. The summed E-state index contributed by atoms with van der Waals surface area (Å²) in [5.41, 5.74) is 3.81. The largest absolute Gasteiger partial charge is 0.355 e. The van der Waals surface area contributed by atoms with Gasteiger partial charge in [-0.05, 0) is 42.8 Å². The maximum Gasteiger partial charge on any atom is 0.280 e. The molecule has 0 radical (unpaired) electrons. The summed E-state index contributed by atoms with van der Waals surface area (Å²) in [6.07, 6.45) is 1.98. The van der Waals surface area contributed by atoms with Crippen LogP contribution in [0.2, 0.25) is 0 Å². The number of thiophene rings is 1. The van der Waals surface area contributed by atoms with Crippen LogP contribution in [0.5, 0.6) is 0 Å². The zero-order chi connectivity index (χ0) is 15.8. The molecule has 0 spiro atoms. The van der Waals surface area contributed by atoms with Gasteiger partial charge in [0.15, 0.2) is 11.5 Å². The molecule has 0 atom stereocenters. The molecule has 4 rings (SSSR count). The van der Waals surface area contributed by atoms with Crippen molar-refractivity contribution in [1.82, 2.24) is 5.16 Å². The SMILES string of the molecule is Cc1ccc2c(c1)CCCN2C(=O)c1cc(-c2cccs2)on1. The van der Waals surface area contributed by atoms with Crippen molar-refractivity contribution < 1.29 is 9.32 Å². The monoisotopic (exact) mass is 324 g/mol. The van der Waals surface area contributed by atoms with Gasteiger partial charge in [0.1, 0.15) is 0 Å². The lowest BCUT2D eigenvalue weighted by Crippen LogP contribution is -2.35. The zero-order valence-electron chi connectivity index (χ0n) is 12.8. The first-order valence-electron chi connectivity index (χ1n) is 7.64. The van der Waals surface area contributed by atoms with E-state index < -0.39 is 0 Å². The van der Waals surface area contributed by atoms with E-state index in [1.807, 2.05) is 34.5 Å². The normalized spacial score (nSPS) is 13.9. The molecule has 116 valence electrons. The molecule has 0 aliphatic carbocycles. The Morgan fingerprint density at radius 2 is 2.22 bits per heavy atom. The van der Waals surface area contributed by atoms with Gasteiger partial charge in [0.2, 0.25) is 0 Å². The molecule has 23 heavy (non-hydrogen) atoms. The third-order valence-electron chi connectivity index (χ3n) is 4.09. The molecule has 1 aliphatic rings. The van der Waals surface area contributed by atoms with Crippen LogP contribution in [0.4, 0.5) is 5.69 Å². The molecule has 1 aliphatic heterocycles. The van der Waals surface area contributed by atoms with Crippen LogP contribution in [-0.4, -0.2) is 17.6 Å². The number of hydrogen-bond donors (Lipinski definition) is 0. The highest BCUT2D eigenvalue weighted by Crippen LogP contribution is 2.30. The number of benzene rings is 1. The van der Waals surface area contributed by atoms with Gasteiger partial charge in [0.25, 0.3) is 5.91 Å². The minimum absolute atomic E-state index is 0.0960. The van der Waals surface area contributed by atoms with Crippen LogP contribution in [0.15, 0.2) is 46.3 Å². The quantitative estimate of drug-likeness (QED) is 0.706. The fraction of sp³-hybridized carbons (Fsp3) is 0.222. The van der Waals surface area contributed by atoms with Gasteiger partial charge < -0.3 is 9.42 Å². The molecule has 2 aromatic heterocycles. The van der Waals surface area contributed by atoms with Gasteiger partial charge in [-0.25, -0.2) is 0 Å². The Labute approximate surface area is 138 Å². The summed E-state index contributed by atoms with van der Waals surface area (Å²) >= 11 is 1.57. The Hall–Kier alpha value is -2.40. The van der Waals surface area contributed by atoms with Crippen LogP contribution in [0, 0.1) is 6.92 Å². The van der Waals surface area contributed by atoms with E-state index in [1.165, 1.54) is 11.1 Å². The number of rotatable bonds is 2. The van der Waals surface area contributed by atoms with Crippen molar-refractivity contribution in [2.75, 3.05) is 11.4 Å². The molecule has 5 heteroatoms. The van der Waals surface area contributed by atoms with Crippen molar-refractivity contribution in [3.63, 3.8) is 0 Å². The summed E-state index contributed by atoms with van der Waals surface area (Å²) < 4.78 is 5.34. The van der Waals surface area contributed by atoms with Crippen molar-refractivity contribution in [3.8, 4) is 10.6 Å². The van der Waals surface area contributed by atoms with Crippen molar-refractivity contribution >= 4 is 22.9 Å². The van der Waals surface area contributed by atoms with Crippen LogP contribution in [0.3, 0.4) is 0 Å². The van der Waals surface area contributed by atoms with Gasteiger partial charge in [0.05, 0.1) is 4.88 Å². The third-order valence-corrected chi connectivity index (χ3v) is 4.98. The number of hydrogen-bond acceptors (Lipinski definition) is 4. The second-order valence-electron chi connectivity index (χ2n) is 5.75. The number of fused-ring (bicyclic) bond motifs is 1. The first-order valence-corrected chi connectivity index (χ1v) is 8.52. The summed E-state index contributed by atoms with van der Waals surface area (Å²) in [5, 5.41) is 5.95. The standard InChI is InChI=1S/C18H16N2O2S/c1-12-6-7-15-13(10-12)4-2-8-20(15)18(21)14-11-16(22-19-14)17-5-3-9-23-17/h3,5-7,9-11H,2,4,8H2,1H3. The van der Waals surface area contributed by atoms with Crippen LogP contribution in [0.25, 0.3) is 10.6 Å². The molecule has 0 fully saturated rings. The Morgan fingerprint density at radius 1 is 1.30 bits per heavy atom. The highest BCUT2D eigenvalue weighted by Gasteiger charge is 2.26. The second-order valence-corrected chi connectivity index (χ2v) is 6.69. The fourth-order valence-electron chi connectivity index (χ4n) is 2.99. The van der Waals surface area contributed by atoms with E-state index in [9.17, 15) is 4.79 Å². The molecule has 0 bridgehead atoms. The molecule has 0 unspecified atom stereocenters. The average Bonchev–Trinajstić information content (AvgIpc) is 3.24. The Kier molecular flexibility index (Phi) is 3.50. The molecule has 3 heterocycles. The van der Waals surface area contributed by atoms with Gasteiger partial charge >= 0.3 is 0 Å². The average molecular weight is 324 g/mol. The molecule has 0 saturated heterocycles. The first-order chi connectivity index (χ1) is 11.2. The van der Waals surface area contributed by atoms with Crippen molar-refractivity contribution in [1.29, 1.82) is 0 Å². The predicted octanol–water partition coefficient (Wildman–Crippen LogP) is 4.30. The number of carbonyl (C=O) groups excluding carboxylic acids is 1. The van der Waals surface area contributed by atoms with Crippen LogP contribution in [0.1, 0.15) is 28.0 Å². The summed E-state index contributed by atoms with van der Waals surface area (Å²) in [5.74, 6) is 0.547. The molecule has 0 N–H and O–H groups in total. The van der Waals surface area contributed by atoms with E-state index >= 15 is 0 Å².